The molecule has 4 fully saturated rings. The molecule has 3 saturated carbocycles. The molecule has 4 aliphatic carbocycles. The van der Waals surface area contributed by atoms with E-state index in [1.54, 1.807) is 19.4 Å². The fraction of sp³-hybridized carbons (Fsp3) is 0.867. The molecule has 0 spiro atoms. The van der Waals surface area contributed by atoms with Gasteiger partial charge < -0.3 is 14.9 Å². The van der Waals surface area contributed by atoms with Crippen molar-refractivity contribution in [3.05, 3.63) is 11.6 Å². The number of aliphatic hydroxyl groups is 2. The minimum atomic E-state index is -1.31. The van der Waals surface area contributed by atoms with Crippen molar-refractivity contribution < 1.29 is 24.5 Å². The summed E-state index contributed by atoms with van der Waals surface area (Å²) in [4.78, 5) is 25.9. The van der Waals surface area contributed by atoms with Crippen LogP contribution in [0.15, 0.2) is 11.6 Å². The van der Waals surface area contributed by atoms with Crippen LogP contribution < -0.4 is 0 Å². The number of carbonyl (C=O) groups excluding carboxylic acids is 2. The summed E-state index contributed by atoms with van der Waals surface area (Å²) in [6, 6.07) is 0. The van der Waals surface area contributed by atoms with Crippen LogP contribution >= 0.6 is 0 Å². The maximum absolute atomic E-state index is 13.1. The molecule has 2 unspecified atom stereocenters. The van der Waals surface area contributed by atoms with Gasteiger partial charge >= 0.3 is 5.97 Å². The molecule has 5 aliphatic rings. The molecular weight excluding hydrogens is 440 g/mol. The molecule has 5 heteroatoms. The first-order valence-corrected chi connectivity index (χ1v) is 13.9. The normalized spacial score (nSPS) is 47.9. The first-order valence-electron chi connectivity index (χ1n) is 13.9. The van der Waals surface area contributed by atoms with Gasteiger partial charge in [-0.3, -0.25) is 9.59 Å². The average molecular weight is 487 g/mol. The Hall–Kier alpha value is -1.20. The number of hydrogen-bond donors (Lipinski definition) is 2. The summed E-state index contributed by atoms with van der Waals surface area (Å²) in [6.07, 6.45) is 8.18. The Morgan fingerprint density at radius 1 is 1.06 bits per heavy atom. The number of esters is 1. The number of cyclic esters (lactones) is 1. The Balaban J connectivity index is 1.45. The van der Waals surface area contributed by atoms with Gasteiger partial charge in [-0.2, -0.15) is 0 Å². The van der Waals surface area contributed by atoms with Crippen LogP contribution in [0, 0.1) is 45.3 Å². The summed E-state index contributed by atoms with van der Waals surface area (Å²) in [7, 11) is 0. The number of Topliss-reactive ketones (excluding diaryl/α,β-unsaturated/α-hetero) is 1. The van der Waals surface area contributed by atoms with Gasteiger partial charge in [0.1, 0.15) is 18.0 Å². The van der Waals surface area contributed by atoms with Gasteiger partial charge in [0, 0.05) is 18.3 Å². The first kappa shape index (κ1) is 25.4. The molecule has 5 rings (SSSR count). The molecule has 35 heavy (non-hydrogen) atoms. The molecule has 1 aliphatic heterocycles. The molecule has 0 amide bonds. The maximum Gasteiger partial charge on any atom is 0.309 e. The Labute approximate surface area is 211 Å². The van der Waals surface area contributed by atoms with Crippen LogP contribution in [-0.4, -0.2) is 39.8 Å². The predicted octanol–water partition coefficient (Wildman–Crippen LogP) is 5.22. The standard InChI is InChI=1S/C30H46O5/c1-26(2)22-9-8-20-19(28(22,5)13-12-23(26)31)11-15-29(6)18(10-14-30(20,29)7)17-16-21(35-25(17)33)24(32)27(3,4)34/h8,17-19,21-22,24,32,34H,9-16H2,1-7H3/t17-,18-,19-,21?,22-,24?,28+,29-,30+/m0/s1. The van der Waals surface area contributed by atoms with Crippen LogP contribution in [0.3, 0.4) is 0 Å². The van der Waals surface area contributed by atoms with Crippen molar-refractivity contribution in [3.63, 3.8) is 0 Å². The van der Waals surface area contributed by atoms with E-state index in [0.29, 0.717) is 30.5 Å². The third kappa shape index (κ3) is 3.32. The highest BCUT2D eigenvalue weighted by atomic mass is 16.6. The lowest BCUT2D eigenvalue weighted by Gasteiger charge is -2.63. The van der Waals surface area contributed by atoms with Gasteiger partial charge in [0.2, 0.25) is 0 Å². The second-order valence-electron chi connectivity index (χ2n) is 14.5. The van der Waals surface area contributed by atoms with Crippen LogP contribution in [0.1, 0.15) is 99.8 Å². The summed E-state index contributed by atoms with van der Waals surface area (Å²) < 4.78 is 5.66. The van der Waals surface area contributed by atoms with Crippen molar-refractivity contribution in [3.8, 4) is 0 Å². The van der Waals surface area contributed by atoms with Crippen LogP contribution in [-0.2, 0) is 14.3 Å². The fourth-order valence-electron chi connectivity index (χ4n) is 9.81. The molecule has 0 aromatic carbocycles. The van der Waals surface area contributed by atoms with Gasteiger partial charge in [0.25, 0.3) is 0 Å². The zero-order chi connectivity index (χ0) is 25.8. The van der Waals surface area contributed by atoms with E-state index in [0.717, 1.165) is 38.5 Å². The highest BCUT2D eigenvalue weighted by Gasteiger charge is 2.67. The third-order valence-electron chi connectivity index (χ3n) is 12.3. The van der Waals surface area contributed by atoms with Crippen LogP contribution in [0.4, 0.5) is 0 Å². The zero-order valence-electron chi connectivity index (χ0n) is 22.8. The van der Waals surface area contributed by atoms with Gasteiger partial charge in [-0.05, 0) is 86.4 Å². The smallest absolute Gasteiger partial charge is 0.309 e. The monoisotopic (exact) mass is 486 g/mol. The first-order chi connectivity index (χ1) is 16.1. The summed E-state index contributed by atoms with van der Waals surface area (Å²) >= 11 is 0. The number of hydrogen-bond acceptors (Lipinski definition) is 5. The number of ether oxygens (including phenoxy) is 1. The largest absolute Gasteiger partial charge is 0.459 e. The van der Waals surface area contributed by atoms with E-state index in [1.807, 2.05) is 0 Å². The summed E-state index contributed by atoms with van der Waals surface area (Å²) in [5.74, 6) is 1.12. The average Bonchev–Trinajstić information content (AvgIpc) is 3.26. The Bertz CT molecular complexity index is 958. The van der Waals surface area contributed by atoms with Crippen molar-refractivity contribution in [2.75, 3.05) is 0 Å². The lowest BCUT2D eigenvalue weighted by molar-refractivity contribution is -0.157. The molecular formula is C30H46O5. The van der Waals surface area contributed by atoms with Gasteiger partial charge in [0.15, 0.2) is 0 Å². The summed E-state index contributed by atoms with van der Waals surface area (Å²) in [6.45, 7) is 14.8. The van der Waals surface area contributed by atoms with Crippen molar-refractivity contribution in [1.29, 1.82) is 0 Å². The van der Waals surface area contributed by atoms with Gasteiger partial charge in [0.05, 0.1) is 11.5 Å². The highest BCUT2D eigenvalue weighted by molar-refractivity contribution is 5.85. The lowest BCUT2D eigenvalue weighted by Crippen LogP contribution is -2.57. The molecule has 0 bridgehead atoms. The van der Waals surface area contributed by atoms with E-state index < -0.39 is 17.8 Å². The topological polar surface area (TPSA) is 83.8 Å². The van der Waals surface area contributed by atoms with E-state index in [-0.39, 0.29) is 39.5 Å². The Morgan fingerprint density at radius 2 is 1.74 bits per heavy atom. The van der Waals surface area contributed by atoms with Crippen molar-refractivity contribution in [2.24, 2.45) is 45.3 Å². The molecule has 9 atom stereocenters. The van der Waals surface area contributed by atoms with Crippen molar-refractivity contribution >= 4 is 11.8 Å². The van der Waals surface area contributed by atoms with E-state index in [4.69, 9.17) is 4.74 Å². The van der Waals surface area contributed by atoms with E-state index in [2.05, 4.69) is 40.7 Å². The minimum Gasteiger partial charge on any atom is -0.459 e. The van der Waals surface area contributed by atoms with Gasteiger partial charge in [-0.25, -0.2) is 0 Å². The number of fused-ring (bicyclic) bond motifs is 5. The number of allylic oxidation sites excluding steroid dienone is 2. The number of rotatable bonds is 3. The van der Waals surface area contributed by atoms with Crippen LogP contribution in [0.5, 0.6) is 0 Å². The highest BCUT2D eigenvalue weighted by Crippen LogP contribution is 2.73. The summed E-state index contributed by atoms with van der Waals surface area (Å²) in [5, 5.41) is 20.9. The second-order valence-corrected chi connectivity index (χ2v) is 14.5. The Morgan fingerprint density at radius 3 is 2.40 bits per heavy atom. The molecule has 2 N–H and O–H groups in total. The molecule has 196 valence electrons. The number of carbonyl (C=O) groups is 2. The fourth-order valence-corrected chi connectivity index (χ4v) is 9.81. The predicted molar refractivity (Wildman–Crippen MR) is 134 cm³/mol. The van der Waals surface area contributed by atoms with Gasteiger partial charge in [-0.15, -0.1) is 0 Å². The molecule has 1 saturated heterocycles. The number of ketones is 1. The zero-order valence-corrected chi connectivity index (χ0v) is 22.8. The molecule has 5 nitrogen and oxygen atoms in total. The van der Waals surface area contributed by atoms with Crippen molar-refractivity contribution in [1.82, 2.24) is 0 Å². The van der Waals surface area contributed by atoms with E-state index in [9.17, 15) is 19.8 Å². The number of aliphatic hydroxyl groups excluding tert-OH is 1. The molecule has 0 radical (unpaired) electrons. The molecule has 1 heterocycles. The summed E-state index contributed by atoms with van der Waals surface area (Å²) in [5.41, 5.74) is 0.207. The quantitative estimate of drug-likeness (QED) is 0.422. The second kappa shape index (κ2) is 7.66. The van der Waals surface area contributed by atoms with Gasteiger partial charge in [-0.1, -0.05) is 46.3 Å². The van der Waals surface area contributed by atoms with Crippen molar-refractivity contribution in [2.45, 2.75) is 118 Å². The van der Waals surface area contributed by atoms with E-state index >= 15 is 0 Å². The van der Waals surface area contributed by atoms with Crippen LogP contribution in [0.2, 0.25) is 0 Å². The third-order valence-corrected chi connectivity index (χ3v) is 12.3. The van der Waals surface area contributed by atoms with Crippen LogP contribution in [0.25, 0.3) is 0 Å². The molecule has 0 aromatic heterocycles. The minimum absolute atomic E-state index is 0.00318. The molecule has 0 aromatic rings. The Kier molecular flexibility index (Phi) is 5.57. The maximum atomic E-state index is 13.1. The van der Waals surface area contributed by atoms with E-state index in [1.165, 1.54) is 0 Å². The lowest BCUT2D eigenvalue weighted by atomic mass is 9.41. The SMILES string of the molecule is CC(C)(O)C(O)C1C[C@@H]([C@@H]2CC[C@]3(C)C4=CC[C@H]5C(C)(C)C(=O)CC[C@]5(C)[C@H]4CC[C@@]23C)C(=O)O1.